The first-order chi connectivity index (χ1) is 8.62. The van der Waals surface area contributed by atoms with Crippen LogP contribution in [0.25, 0.3) is 0 Å². The predicted molar refractivity (Wildman–Crippen MR) is 73.4 cm³/mol. The minimum atomic E-state index is 0.354. The molecule has 1 saturated carbocycles. The largest absolute Gasteiger partial charge is 0.493 e. The Hall–Kier alpha value is -1.22. The third kappa shape index (κ3) is 2.07. The van der Waals surface area contributed by atoms with Crippen LogP contribution in [0.15, 0.2) is 12.1 Å². The van der Waals surface area contributed by atoms with Gasteiger partial charge in [-0.05, 0) is 48.4 Å². The molecule has 1 fully saturated rings. The summed E-state index contributed by atoms with van der Waals surface area (Å²) in [5.74, 6) is 2.79. The minimum absolute atomic E-state index is 0.354. The monoisotopic (exact) mass is 249 g/mol. The Bertz CT molecular complexity index is 431. The van der Waals surface area contributed by atoms with Crippen LogP contribution in [0.3, 0.4) is 0 Å². The van der Waals surface area contributed by atoms with Gasteiger partial charge in [0, 0.05) is 6.04 Å². The Morgan fingerprint density at radius 2 is 1.83 bits per heavy atom. The van der Waals surface area contributed by atoms with Crippen LogP contribution < -0.4 is 15.2 Å². The van der Waals surface area contributed by atoms with E-state index in [0.717, 1.165) is 24.3 Å². The highest BCUT2D eigenvalue weighted by Gasteiger charge is 2.39. The summed E-state index contributed by atoms with van der Waals surface area (Å²) >= 11 is 0. The van der Waals surface area contributed by atoms with Crippen LogP contribution in [0.4, 0.5) is 0 Å². The van der Waals surface area contributed by atoms with E-state index in [4.69, 9.17) is 15.2 Å². The molecule has 2 rings (SSSR count). The van der Waals surface area contributed by atoms with Gasteiger partial charge in [0.1, 0.15) is 0 Å². The molecule has 2 N–H and O–H groups in total. The molecule has 0 spiro atoms. The van der Waals surface area contributed by atoms with E-state index in [2.05, 4.69) is 26.0 Å². The number of hydrogen-bond donors (Lipinski definition) is 1. The van der Waals surface area contributed by atoms with Crippen LogP contribution in [0, 0.1) is 12.8 Å². The van der Waals surface area contributed by atoms with Crippen molar-refractivity contribution in [2.75, 3.05) is 14.2 Å². The highest BCUT2D eigenvalue weighted by atomic mass is 16.5. The molecule has 1 aromatic rings. The maximum atomic E-state index is 6.08. The molecule has 3 unspecified atom stereocenters. The fourth-order valence-electron chi connectivity index (χ4n) is 3.09. The summed E-state index contributed by atoms with van der Waals surface area (Å²) in [6, 6.07) is 4.53. The van der Waals surface area contributed by atoms with E-state index < -0.39 is 0 Å². The number of ether oxygens (including phenoxy) is 2. The van der Waals surface area contributed by atoms with Crippen LogP contribution in [-0.2, 0) is 0 Å². The lowest BCUT2D eigenvalue weighted by atomic mass is 9.64. The van der Waals surface area contributed by atoms with Crippen molar-refractivity contribution in [2.24, 2.45) is 11.7 Å². The lowest BCUT2D eigenvalue weighted by Gasteiger charge is -2.43. The molecule has 3 atom stereocenters. The SMILES string of the molecule is CCC1C(N)CC1c1cc(OC)c(OC)cc1C. The summed E-state index contributed by atoms with van der Waals surface area (Å²) in [4.78, 5) is 0. The Balaban J connectivity index is 2.34. The van der Waals surface area contributed by atoms with Crippen molar-refractivity contribution in [1.29, 1.82) is 0 Å². The second kappa shape index (κ2) is 5.19. The summed E-state index contributed by atoms with van der Waals surface area (Å²) in [5.41, 5.74) is 8.71. The summed E-state index contributed by atoms with van der Waals surface area (Å²) in [6.07, 6.45) is 2.22. The normalized spacial score (nSPS) is 26.6. The first kappa shape index (κ1) is 13.2. The predicted octanol–water partition coefficient (Wildman–Crippen LogP) is 2.85. The van der Waals surface area contributed by atoms with Gasteiger partial charge in [0.15, 0.2) is 11.5 Å². The quantitative estimate of drug-likeness (QED) is 0.892. The summed E-state index contributed by atoms with van der Waals surface area (Å²) < 4.78 is 10.7. The third-order valence-corrected chi connectivity index (χ3v) is 4.24. The molecule has 3 heteroatoms. The van der Waals surface area contributed by atoms with Gasteiger partial charge in [0.05, 0.1) is 14.2 Å². The van der Waals surface area contributed by atoms with Crippen molar-refractivity contribution in [1.82, 2.24) is 0 Å². The van der Waals surface area contributed by atoms with Gasteiger partial charge in [-0.1, -0.05) is 13.3 Å². The minimum Gasteiger partial charge on any atom is -0.493 e. The number of hydrogen-bond acceptors (Lipinski definition) is 3. The highest BCUT2D eigenvalue weighted by Crippen LogP contribution is 2.46. The molecule has 0 radical (unpaired) electrons. The van der Waals surface area contributed by atoms with Gasteiger partial charge in [-0.2, -0.15) is 0 Å². The molecule has 0 bridgehead atoms. The summed E-state index contributed by atoms with van der Waals surface area (Å²) in [7, 11) is 3.35. The topological polar surface area (TPSA) is 44.5 Å². The van der Waals surface area contributed by atoms with E-state index in [1.165, 1.54) is 11.1 Å². The first-order valence-electron chi connectivity index (χ1n) is 6.60. The number of methoxy groups -OCH3 is 2. The molecule has 0 heterocycles. The second-order valence-electron chi connectivity index (χ2n) is 5.14. The first-order valence-corrected chi connectivity index (χ1v) is 6.60. The summed E-state index contributed by atoms with van der Waals surface area (Å²) in [5, 5.41) is 0. The Kier molecular flexibility index (Phi) is 3.81. The standard InChI is InChI=1S/C15H23NO2/c1-5-10-12(7-13(10)16)11-8-15(18-4)14(17-3)6-9(11)2/h6,8,10,12-13H,5,7,16H2,1-4H3. The number of nitrogens with two attached hydrogens (primary N) is 1. The van der Waals surface area contributed by atoms with E-state index in [1.807, 2.05) is 0 Å². The number of benzene rings is 1. The second-order valence-corrected chi connectivity index (χ2v) is 5.14. The molecule has 0 aromatic heterocycles. The molecule has 1 aliphatic rings. The Labute approximate surface area is 109 Å². The molecule has 3 nitrogen and oxygen atoms in total. The van der Waals surface area contributed by atoms with E-state index >= 15 is 0 Å². The van der Waals surface area contributed by atoms with Crippen molar-refractivity contribution in [3.63, 3.8) is 0 Å². The van der Waals surface area contributed by atoms with Crippen LogP contribution in [0.2, 0.25) is 0 Å². The fourth-order valence-corrected chi connectivity index (χ4v) is 3.09. The van der Waals surface area contributed by atoms with E-state index in [9.17, 15) is 0 Å². The van der Waals surface area contributed by atoms with Crippen molar-refractivity contribution in [2.45, 2.75) is 38.6 Å². The fraction of sp³-hybridized carbons (Fsp3) is 0.600. The Morgan fingerprint density at radius 3 is 2.33 bits per heavy atom. The van der Waals surface area contributed by atoms with Gasteiger partial charge in [-0.15, -0.1) is 0 Å². The van der Waals surface area contributed by atoms with Crippen LogP contribution in [0.1, 0.15) is 36.8 Å². The van der Waals surface area contributed by atoms with Gasteiger partial charge < -0.3 is 15.2 Å². The average Bonchev–Trinajstić information content (AvgIpc) is 2.36. The van der Waals surface area contributed by atoms with Gasteiger partial charge in [-0.25, -0.2) is 0 Å². The van der Waals surface area contributed by atoms with Gasteiger partial charge in [0.25, 0.3) is 0 Å². The van der Waals surface area contributed by atoms with Crippen molar-refractivity contribution >= 4 is 0 Å². The smallest absolute Gasteiger partial charge is 0.161 e. The Morgan fingerprint density at radius 1 is 1.22 bits per heavy atom. The number of rotatable bonds is 4. The molecular weight excluding hydrogens is 226 g/mol. The van der Waals surface area contributed by atoms with Crippen molar-refractivity contribution in [3.8, 4) is 11.5 Å². The zero-order valence-corrected chi connectivity index (χ0v) is 11.7. The molecule has 0 aliphatic heterocycles. The van der Waals surface area contributed by atoms with Crippen LogP contribution >= 0.6 is 0 Å². The highest BCUT2D eigenvalue weighted by molar-refractivity contribution is 5.49. The zero-order chi connectivity index (χ0) is 13.3. The lowest BCUT2D eigenvalue weighted by molar-refractivity contribution is 0.197. The summed E-state index contributed by atoms with van der Waals surface area (Å²) in [6.45, 7) is 4.35. The molecule has 1 aromatic carbocycles. The van der Waals surface area contributed by atoms with Crippen LogP contribution in [0.5, 0.6) is 11.5 Å². The lowest BCUT2D eigenvalue weighted by Crippen LogP contribution is -2.45. The molecule has 18 heavy (non-hydrogen) atoms. The van der Waals surface area contributed by atoms with E-state index in [-0.39, 0.29) is 0 Å². The molecule has 0 saturated heterocycles. The van der Waals surface area contributed by atoms with E-state index in [0.29, 0.717) is 17.9 Å². The zero-order valence-electron chi connectivity index (χ0n) is 11.7. The third-order valence-electron chi connectivity index (χ3n) is 4.24. The molecule has 1 aliphatic carbocycles. The molecule has 100 valence electrons. The van der Waals surface area contributed by atoms with Crippen molar-refractivity contribution in [3.05, 3.63) is 23.3 Å². The van der Waals surface area contributed by atoms with Crippen molar-refractivity contribution < 1.29 is 9.47 Å². The average molecular weight is 249 g/mol. The number of aryl methyl sites for hydroxylation is 1. The van der Waals surface area contributed by atoms with Gasteiger partial charge in [-0.3, -0.25) is 0 Å². The molecular formula is C15H23NO2. The van der Waals surface area contributed by atoms with Crippen LogP contribution in [-0.4, -0.2) is 20.3 Å². The maximum absolute atomic E-state index is 6.08. The molecule has 0 amide bonds. The maximum Gasteiger partial charge on any atom is 0.161 e. The van der Waals surface area contributed by atoms with Gasteiger partial charge >= 0.3 is 0 Å². The van der Waals surface area contributed by atoms with Gasteiger partial charge in [0.2, 0.25) is 0 Å². The van der Waals surface area contributed by atoms with E-state index in [1.54, 1.807) is 14.2 Å².